The SMILES string of the molecule is CC1(C)CCC(CC(CCl)c2cccc(Cl)c2)O1. The smallest absolute Gasteiger partial charge is 0.0631 e. The van der Waals surface area contributed by atoms with Crippen LogP contribution in [0.1, 0.15) is 44.6 Å². The van der Waals surface area contributed by atoms with Crippen molar-refractivity contribution in [2.75, 3.05) is 5.88 Å². The minimum Gasteiger partial charge on any atom is -0.372 e. The first-order valence-electron chi connectivity index (χ1n) is 6.49. The van der Waals surface area contributed by atoms with E-state index < -0.39 is 0 Å². The van der Waals surface area contributed by atoms with Gasteiger partial charge in [0.2, 0.25) is 0 Å². The van der Waals surface area contributed by atoms with Crippen molar-refractivity contribution in [1.29, 1.82) is 0 Å². The van der Waals surface area contributed by atoms with Gasteiger partial charge >= 0.3 is 0 Å². The van der Waals surface area contributed by atoms with Crippen molar-refractivity contribution in [2.24, 2.45) is 0 Å². The third-order valence-electron chi connectivity index (χ3n) is 3.61. The van der Waals surface area contributed by atoms with Gasteiger partial charge in [0, 0.05) is 10.9 Å². The lowest BCUT2D eigenvalue weighted by atomic mass is 9.93. The Kier molecular flexibility index (Phi) is 4.58. The Balaban J connectivity index is 2.02. The van der Waals surface area contributed by atoms with Gasteiger partial charge in [0.25, 0.3) is 0 Å². The van der Waals surface area contributed by atoms with Crippen molar-refractivity contribution in [1.82, 2.24) is 0 Å². The van der Waals surface area contributed by atoms with Crippen LogP contribution in [0.5, 0.6) is 0 Å². The second kappa shape index (κ2) is 5.81. The Bertz CT molecular complexity index is 403. The van der Waals surface area contributed by atoms with Gasteiger partial charge in [-0.05, 0) is 56.7 Å². The van der Waals surface area contributed by atoms with Crippen LogP contribution in [0.4, 0.5) is 0 Å². The van der Waals surface area contributed by atoms with E-state index in [1.807, 2.05) is 18.2 Å². The molecular formula is C15H20Cl2O. The molecule has 2 unspecified atom stereocenters. The van der Waals surface area contributed by atoms with Crippen LogP contribution in [0.3, 0.4) is 0 Å². The molecule has 0 saturated carbocycles. The maximum Gasteiger partial charge on any atom is 0.0631 e. The van der Waals surface area contributed by atoms with Crippen molar-refractivity contribution >= 4 is 23.2 Å². The van der Waals surface area contributed by atoms with Crippen molar-refractivity contribution in [3.8, 4) is 0 Å². The number of rotatable bonds is 4. The highest BCUT2D eigenvalue weighted by Crippen LogP contribution is 2.35. The molecule has 1 aromatic carbocycles. The van der Waals surface area contributed by atoms with Gasteiger partial charge in [0.15, 0.2) is 0 Å². The summed E-state index contributed by atoms with van der Waals surface area (Å²) in [5.41, 5.74) is 1.24. The van der Waals surface area contributed by atoms with E-state index in [9.17, 15) is 0 Å². The number of halogens is 2. The molecule has 1 aliphatic heterocycles. The zero-order chi connectivity index (χ0) is 13.2. The fourth-order valence-electron chi connectivity index (χ4n) is 2.61. The summed E-state index contributed by atoms with van der Waals surface area (Å²) in [5, 5.41) is 0.773. The van der Waals surface area contributed by atoms with E-state index in [2.05, 4.69) is 19.9 Å². The van der Waals surface area contributed by atoms with Crippen LogP contribution in [0.15, 0.2) is 24.3 Å². The summed E-state index contributed by atoms with van der Waals surface area (Å²) in [6, 6.07) is 7.98. The van der Waals surface area contributed by atoms with Crippen LogP contribution in [-0.2, 0) is 4.74 Å². The number of hydrogen-bond donors (Lipinski definition) is 0. The molecule has 1 nitrogen and oxygen atoms in total. The molecule has 2 rings (SSSR count). The molecule has 1 aromatic rings. The number of hydrogen-bond acceptors (Lipinski definition) is 1. The lowest BCUT2D eigenvalue weighted by Crippen LogP contribution is -2.21. The summed E-state index contributed by atoms with van der Waals surface area (Å²) in [4.78, 5) is 0. The number of alkyl halides is 1. The van der Waals surface area contributed by atoms with E-state index in [0.717, 1.165) is 24.3 Å². The van der Waals surface area contributed by atoms with Gasteiger partial charge in [-0.2, -0.15) is 0 Å². The van der Waals surface area contributed by atoms with Gasteiger partial charge in [-0.15, -0.1) is 11.6 Å². The molecule has 1 aliphatic rings. The molecule has 100 valence electrons. The summed E-state index contributed by atoms with van der Waals surface area (Å²) in [6.07, 6.45) is 3.55. The monoisotopic (exact) mass is 286 g/mol. The summed E-state index contributed by atoms with van der Waals surface area (Å²) in [6.45, 7) is 4.31. The maximum absolute atomic E-state index is 6.11. The Morgan fingerprint density at radius 2 is 2.22 bits per heavy atom. The standard InChI is InChI=1S/C15H20Cl2O/c1-15(2)7-6-14(18-15)9-12(10-16)11-4-3-5-13(17)8-11/h3-5,8,12,14H,6-7,9-10H2,1-2H3. The van der Waals surface area contributed by atoms with E-state index in [-0.39, 0.29) is 5.60 Å². The Labute approximate surface area is 119 Å². The van der Waals surface area contributed by atoms with E-state index in [0.29, 0.717) is 17.9 Å². The highest BCUT2D eigenvalue weighted by Gasteiger charge is 2.33. The van der Waals surface area contributed by atoms with Crippen LogP contribution in [0.2, 0.25) is 5.02 Å². The van der Waals surface area contributed by atoms with E-state index in [1.165, 1.54) is 5.56 Å². The first-order valence-corrected chi connectivity index (χ1v) is 7.41. The summed E-state index contributed by atoms with van der Waals surface area (Å²) in [5.74, 6) is 0.935. The first kappa shape index (κ1) is 14.2. The molecule has 1 saturated heterocycles. The molecule has 0 amide bonds. The summed E-state index contributed by atoms with van der Waals surface area (Å²) < 4.78 is 6.04. The van der Waals surface area contributed by atoms with Crippen LogP contribution in [-0.4, -0.2) is 17.6 Å². The van der Waals surface area contributed by atoms with Crippen LogP contribution in [0.25, 0.3) is 0 Å². The zero-order valence-corrected chi connectivity index (χ0v) is 12.5. The number of ether oxygens (including phenoxy) is 1. The largest absolute Gasteiger partial charge is 0.372 e. The third-order valence-corrected chi connectivity index (χ3v) is 4.22. The molecule has 0 radical (unpaired) electrons. The summed E-state index contributed by atoms with van der Waals surface area (Å²) in [7, 11) is 0. The number of benzene rings is 1. The van der Waals surface area contributed by atoms with E-state index >= 15 is 0 Å². The average Bonchev–Trinajstić information content (AvgIpc) is 2.65. The first-order chi connectivity index (χ1) is 8.50. The molecule has 0 aromatic heterocycles. The molecule has 18 heavy (non-hydrogen) atoms. The Hall–Kier alpha value is -0.240. The van der Waals surface area contributed by atoms with E-state index in [4.69, 9.17) is 27.9 Å². The van der Waals surface area contributed by atoms with Crippen molar-refractivity contribution in [2.45, 2.75) is 50.7 Å². The van der Waals surface area contributed by atoms with Crippen LogP contribution in [0, 0.1) is 0 Å². The lowest BCUT2D eigenvalue weighted by molar-refractivity contribution is -0.0202. The molecule has 1 heterocycles. The minimum atomic E-state index is 0.0237. The predicted octanol–water partition coefficient (Wildman–Crippen LogP) is 5.01. The molecule has 2 atom stereocenters. The second-order valence-corrected chi connectivity index (χ2v) is 6.43. The lowest BCUT2D eigenvalue weighted by Gasteiger charge is -2.22. The molecule has 1 fully saturated rings. The quantitative estimate of drug-likeness (QED) is 0.707. The molecular weight excluding hydrogens is 267 g/mol. The van der Waals surface area contributed by atoms with Crippen molar-refractivity contribution in [3.63, 3.8) is 0 Å². The average molecular weight is 287 g/mol. The second-order valence-electron chi connectivity index (χ2n) is 5.68. The fourth-order valence-corrected chi connectivity index (χ4v) is 3.11. The highest BCUT2D eigenvalue weighted by molar-refractivity contribution is 6.30. The highest BCUT2D eigenvalue weighted by atomic mass is 35.5. The molecule has 0 bridgehead atoms. The summed E-state index contributed by atoms with van der Waals surface area (Å²) >= 11 is 12.1. The van der Waals surface area contributed by atoms with Gasteiger partial charge in [-0.3, -0.25) is 0 Å². The molecule has 3 heteroatoms. The van der Waals surface area contributed by atoms with Crippen molar-refractivity contribution in [3.05, 3.63) is 34.9 Å². The predicted molar refractivity (Wildman–Crippen MR) is 77.7 cm³/mol. The van der Waals surface area contributed by atoms with Gasteiger partial charge < -0.3 is 4.74 Å². The van der Waals surface area contributed by atoms with Gasteiger partial charge in [0.1, 0.15) is 0 Å². The van der Waals surface area contributed by atoms with Gasteiger partial charge in [-0.1, -0.05) is 23.7 Å². The zero-order valence-electron chi connectivity index (χ0n) is 11.0. The van der Waals surface area contributed by atoms with Gasteiger partial charge in [-0.25, -0.2) is 0 Å². The third kappa shape index (κ3) is 3.63. The normalized spacial score (nSPS) is 24.1. The van der Waals surface area contributed by atoms with E-state index in [1.54, 1.807) is 0 Å². The maximum atomic E-state index is 6.11. The Morgan fingerprint density at radius 3 is 2.78 bits per heavy atom. The molecule has 0 spiro atoms. The van der Waals surface area contributed by atoms with Gasteiger partial charge in [0.05, 0.1) is 11.7 Å². The minimum absolute atomic E-state index is 0.0237. The van der Waals surface area contributed by atoms with Crippen molar-refractivity contribution < 1.29 is 4.74 Å². The molecule has 0 aliphatic carbocycles. The molecule has 0 N–H and O–H groups in total. The van der Waals surface area contributed by atoms with Crippen LogP contribution >= 0.6 is 23.2 Å². The Morgan fingerprint density at radius 1 is 1.44 bits per heavy atom. The topological polar surface area (TPSA) is 9.23 Å². The fraction of sp³-hybridized carbons (Fsp3) is 0.600. The van der Waals surface area contributed by atoms with Crippen LogP contribution < -0.4 is 0 Å².